The summed E-state index contributed by atoms with van der Waals surface area (Å²) in [6.07, 6.45) is 0.924. The van der Waals surface area contributed by atoms with Crippen molar-refractivity contribution in [3.8, 4) is 0 Å². The summed E-state index contributed by atoms with van der Waals surface area (Å²) in [7, 11) is 0. The number of hydrogen-bond acceptors (Lipinski definition) is 4. The average Bonchev–Trinajstić information content (AvgIpc) is 2.93. The molecule has 2 rings (SSSR count). The van der Waals surface area contributed by atoms with Gasteiger partial charge in [-0.05, 0) is 24.3 Å². The Balaban J connectivity index is 2.21. The fourth-order valence-corrected chi connectivity index (χ4v) is 2.49. The number of aromatic nitrogens is 1. The number of nitrogens with zero attached hydrogens (tertiary/aromatic N) is 1. The Morgan fingerprint density at radius 3 is 2.60 bits per heavy atom. The first-order valence-corrected chi connectivity index (χ1v) is 7.88. The number of nitrogens with one attached hydrogen (secondary N) is 2. The summed E-state index contributed by atoms with van der Waals surface area (Å²) in [4.78, 5) is 37.0. The number of fused-ring (bicyclic) bond motifs is 1. The van der Waals surface area contributed by atoms with Crippen LogP contribution in [0.1, 0.15) is 44.1 Å². The van der Waals surface area contributed by atoms with Crippen LogP contribution >= 0.6 is 0 Å². The largest absolute Gasteiger partial charge is 0.480 e. The lowest BCUT2D eigenvalue weighted by molar-refractivity contribution is -0.383. The highest BCUT2D eigenvalue weighted by Crippen LogP contribution is 2.26. The van der Waals surface area contributed by atoms with E-state index < -0.39 is 22.8 Å². The molecule has 2 aromatic rings. The number of aromatic amines is 1. The number of benzene rings is 1. The molecule has 1 aromatic carbocycles. The van der Waals surface area contributed by atoms with E-state index in [1.807, 2.05) is 20.8 Å². The second-order valence-electron chi connectivity index (χ2n) is 7.15. The van der Waals surface area contributed by atoms with Crippen LogP contribution in [0.2, 0.25) is 0 Å². The molecule has 0 bridgehead atoms. The first-order valence-electron chi connectivity index (χ1n) is 7.88. The zero-order chi connectivity index (χ0) is 18.8. The van der Waals surface area contributed by atoms with E-state index >= 15 is 0 Å². The smallest absolute Gasteiger partial charge is 0.326 e. The molecule has 1 aromatic heterocycles. The number of para-hydroxylation sites is 1. The molecule has 1 amide bonds. The summed E-state index contributed by atoms with van der Waals surface area (Å²) >= 11 is 0. The van der Waals surface area contributed by atoms with Crippen LogP contribution in [-0.4, -0.2) is 32.9 Å². The lowest BCUT2D eigenvalue weighted by atomic mass is 9.88. The van der Waals surface area contributed by atoms with Crippen LogP contribution in [0.5, 0.6) is 0 Å². The molecule has 1 unspecified atom stereocenters. The fourth-order valence-electron chi connectivity index (χ4n) is 2.49. The summed E-state index contributed by atoms with van der Waals surface area (Å²) in [5.41, 5.74) is 0.129. The van der Waals surface area contributed by atoms with Crippen LogP contribution in [0.3, 0.4) is 0 Å². The predicted molar refractivity (Wildman–Crippen MR) is 92.5 cm³/mol. The summed E-state index contributed by atoms with van der Waals surface area (Å²) in [5.74, 6) is -1.72. The maximum atomic E-state index is 12.4. The van der Waals surface area contributed by atoms with Gasteiger partial charge in [-0.25, -0.2) is 4.79 Å². The molecule has 0 saturated carbocycles. The number of non-ortho nitro benzene ring substituents is 1. The molecule has 25 heavy (non-hydrogen) atoms. The zero-order valence-electron chi connectivity index (χ0n) is 14.3. The minimum Gasteiger partial charge on any atom is -0.480 e. The molecule has 1 heterocycles. The van der Waals surface area contributed by atoms with Crippen molar-refractivity contribution in [2.75, 3.05) is 0 Å². The molecule has 0 aliphatic carbocycles. The second kappa shape index (κ2) is 6.92. The van der Waals surface area contributed by atoms with E-state index in [0.29, 0.717) is 18.2 Å². The highest BCUT2D eigenvalue weighted by Gasteiger charge is 2.24. The van der Waals surface area contributed by atoms with Crippen molar-refractivity contribution in [3.63, 3.8) is 0 Å². The summed E-state index contributed by atoms with van der Waals surface area (Å²) in [5, 5.41) is 23.3. The highest BCUT2D eigenvalue weighted by atomic mass is 16.6. The third-order valence-corrected chi connectivity index (χ3v) is 3.86. The van der Waals surface area contributed by atoms with Gasteiger partial charge in [0.1, 0.15) is 17.3 Å². The Morgan fingerprint density at radius 1 is 1.36 bits per heavy atom. The van der Waals surface area contributed by atoms with E-state index in [1.165, 1.54) is 18.2 Å². The molecule has 1 atom stereocenters. The number of carboxylic acids is 1. The van der Waals surface area contributed by atoms with Crippen molar-refractivity contribution in [3.05, 3.63) is 40.1 Å². The van der Waals surface area contributed by atoms with Crippen LogP contribution in [0.15, 0.2) is 24.3 Å². The van der Waals surface area contributed by atoms with Crippen LogP contribution in [0, 0.1) is 15.5 Å². The van der Waals surface area contributed by atoms with Gasteiger partial charge in [0.05, 0.1) is 4.92 Å². The van der Waals surface area contributed by atoms with Gasteiger partial charge in [0, 0.05) is 11.5 Å². The van der Waals surface area contributed by atoms with Gasteiger partial charge < -0.3 is 15.4 Å². The van der Waals surface area contributed by atoms with Crippen molar-refractivity contribution in [1.29, 1.82) is 0 Å². The van der Waals surface area contributed by atoms with E-state index in [2.05, 4.69) is 10.3 Å². The Bertz CT molecular complexity index is 819. The summed E-state index contributed by atoms with van der Waals surface area (Å²) in [6.45, 7) is 5.97. The van der Waals surface area contributed by atoms with Crippen LogP contribution in [0.4, 0.5) is 5.69 Å². The molecular weight excluding hydrogens is 326 g/mol. The van der Waals surface area contributed by atoms with Gasteiger partial charge in [-0.3, -0.25) is 14.9 Å². The molecule has 8 nitrogen and oxygen atoms in total. The van der Waals surface area contributed by atoms with Crippen LogP contribution in [0.25, 0.3) is 10.9 Å². The number of carbonyl (C=O) groups excluding carboxylic acids is 1. The van der Waals surface area contributed by atoms with E-state index in [0.717, 1.165) is 0 Å². The van der Waals surface area contributed by atoms with Gasteiger partial charge in [0.15, 0.2) is 0 Å². The number of rotatable bonds is 6. The number of amides is 1. The van der Waals surface area contributed by atoms with Gasteiger partial charge in [0.2, 0.25) is 0 Å². The number of aliphatic carboxylic acids is 1. The molecule has 134 valence electrons. The van der Waals surface area contributed by atoms with Gasteiger partial charge >= 0.3 is 5.97 Å². The maximum absolute atomic E-state index is 12.4. The number of nitro benzene ring substituents is 1. The van der Waals surface area contributed by atoms with Gasteiger partial charge in [-0.2, -0.15) is 0 Å². The monoisotopic (exact) mass is 347 g/mol. The van der Waals surface area contributed by atoms with Crippen LogP contribution < -0.4 is 5.32 Å². The van der Waals surface area contributed by atoms with Crippen molar-refractivity contribution in [1.82, 2.24) is 10.3 Å². The molecule has 0 fully saturated rings. The average molecular weight is 347 g/mol. The minimum atomic E-state index is -1.11. The number of carboxylic acid groups (broad SMARTS) is 1. The molecule has 0 aliphatic heterocycles. The lowest BCUT2D eigenvalue weighted by Gasteiger charge is -2.21. The molecule has 8 heteroatoms. The lowest BCUT2D eigenvalue weighted by Crippen LogP contribution is -2.41. The van der Waals surface area contributed by atoms with E-state index in [-0.39, 0.29) is 22.3 Å². The normalized spacial score (nSPS) is 12.8. The minimum absolute atomic E-state index is 0.0554. The first-order chi connectivity index (χ1) is 11.6. The van der Waals surface area contributed by atoms with E-state index in [1.54, 1.807) is 6.07 Å². The Hall–Kier alpha value is -2.90. The van der Waals surface area contributed by atoms with Crippen LogP contribution in [-0.2, 0) is 4.79 Å². The van der Waals surface area contributed by atoms with Crippen molar-refractivity contribution in [2.45, 2.75) is 39.7 Å². The number of nitro groups is 1. The SMILES string of the molecule is CC(C)(C)CCC(NC(=O)c1cc2cccc([N+](=O)[O-])c2[nH]1)C(=O)O. The molecule has 0 radical (unpaired) electrons. The van der Waals surface area contributed by atoms with Crippen molar-refractivity contribution < 1.29 is 19.6 Å². The van der Waals surface area contributed by atoms with E-state index in [9.17, 15) is 24.8 Å². The molecule has 3 N–H and O–H groups in total. The number of H-pyrrole nitrogens is 1. The predicted octanol–water partition coefficient (Wildman–Crippen LogP) is 3.09. The molecule has 0 saturated heterocycles. The molecule has 0 spiro atoms. The standard InChI is InChI=1S/C17H21N3O5/c1-17(2,3)8-7-11(16(22)23)19-15(21)12-9-10-5-4-6-13(20(24)25)14(10)18-12/h4-6,9,11,18H,7-8H2,1-3H3,(H,19,21)(H,22,23). The quantitative estimate of drug-likeness (QED) is 0.547. The topological polar surface area (TPSA) is 125 Å². The van der Waals surface area contributed by atoms with Gasteiger partial charge in [-0.1, -0.05) is 32.9 Å². The summed E-state index contributed by atoms with van der Waals surface area (Å²) in [6, 6.07) is 4.96. The summed E-state index contributed by atoms with van der Waals surface area (Å²) < 4.78 is 0. The molecule has 0 aliphatic rings. The Morgan fingerprint density at radius 2 is 2.04 bits per heavy atom. The maximum Gasteiger partial charge on any atom is 0.326 e. The number of hydrogen-bond donors (Lipinski definition) is 3. The van der Waals surface area contributed by atoms with Gasteiger partial charge in [-0.15, -0.1) is 0 Å². The molecular formula is C17H21N3O5. The van der Waals surface area contributed by atoms with Crippen molar-refractivity contribution >= 4 is 28.5 Å². The zero-order valence-corrected chi connectivity index (χ0v) is 14.3. The van der Waals surface area contributed by atoms with Crippen molar-refractivity contribution in [2.24, 2.45) is 5.41 Å². The fraction of sp³-hybridized carbons (Fsp3) is 0.412. The highest BCUT2D eigenvalue weighted by molar-refractivity contribution is 6.01. The Labute approximate surface area is 144 Å². The first kappa shape index (κ1) is 18.4. The third-order valence-electron chi connectivity index (χ3n) is 3.86. The van der Waals surface area contributed by atoms with E-state index in [4.69, 9.17) is 0 Å². The third kappa shape index (κ3) is 4.56. The van der Waals surface area contributed by atoms with Gasteiger partial charge in [0.25, 0.3) is 11.6 Å². The second-order valence-corrected chi connectivity index (χ2v) is 7.15. The Kier molecular flexibility index (Phi) is 5.10. The number of carbonyl (C=O) groups is 2.